The van der Waals surface area contributed by atoms with E-state index in [1.165, 1.54) is 25.1 Å². The number of aromatic nitrogens is 2. The molecule has 2 heterocycles. The number of rotatable bonds is 16. The van der Waals surface area contributed by atoms with Crippen LogP contribution in [0.15, 0.2) is 66.9 Å². The van der Waals surface area contributed by atoms with Crippen LogP contribution in [0.2, 0.25) is 0 Å². The molecule has 378 valence electrons. The summed E-state index contributed by atoms with van der Waals surface area (Å²) in [6.07, 6.45) is 1.74. The van der Waals surface area contributed by atoms with E-state index in [1.807, 2.05) is 24.3 Å². The van der Waals surface area contributed by atoms with Crippen LogP contribution in [0, 0.1) is 6.92 Å². The Bertz CT molecular complexity index is 2390. The Morgan fingerprint density at radius 2 is 1.48 bits per heavy atom. The average Bonchev–Trinajstić information content (AvgIpc) is 3.28. The van der Waals surface area contributed by atoms with Crippen molar-refractivity contribution >= 4 is 85.5 Å². The molecule has 4 atom stereocenters. The Balaban J connectivity index is 0.00000595. The number of halogens is 4. The number of nitrogens with two attached hydrogens (primary N) is 3. The monoisotopic (exact) mass is 1040 g/mol. The first-order chi connectivity index (χ1) is 31.0. The van der Waals surface area contributed by atoms with Crippen molar-refractivity contribution in [2.75, 3.05) is 46.5 Å². The van der Waals surface area contributed by atoms with Gasteiger partial charge in [0.2, 0.25) is 17.7 Å². The predicted octanol–water partition coefficient (Wildman–Crippen LogP) is 3.71. The number of carbonyl (C=O) groups excluding carboxylic acids is 6. The maximum atomic E-state index is 14.6. The highest BCUT2D eigenvalue weighted by atomic mass is 35.5. The maximum absolute atomic E-state index is 14.6. The van der Waals surface area contributed by atoms with Gasteiger partial charge in [-0.05, 0) is 73.2 Å². The van der Waals surface area contributed by atoms with E-state index in [4.69, 9.17) is 31.4 Å². The fourth-order valence-electron chi connectivity index (χ4n) is 7.26. The van der Waals surface area contributed by atoms with Crippen LogP contribution in [0.25, 0.3) is 22.5 Å². The lowest BCUT2D eigenvalue weighted by molar-refractivity contribution is -0.149. The van der Waals surface area contributed by atoms with Crippen LogP contribution in [-0.2, 0) is 40.5 Å². The van der Waals surface area contributed by atoms with E-state index in [0.29, 0.717) is 51.6 Å². The van der Waals surface area contributed by atoms with E-state index in [-0.39, 0.29) is 106 Å². The molecule has 0 saturated carbocycles. The van der Waals surface area contributed by atoms with E-state index in [9.17, 15) is 28.8 Å². The molecule has 4 amide bonds. The number of benzene rings is 3. The van der Waals surface area contributed by atoms with E-state index in [2.05, 4.69) is 46.7 Å². The fraction of sp³-hybridized carbons (Fsp3) is 0.404. The molecule has 1 aliphatic heterocycles. The summed E-state index contributed by atoms with van der Waals surface area (Å²) in [4.78, 5) is 91.3. The number of fused-ring (bicyclic) bond motifs is 5. The molecule has 0 spiro atoms. The first-order valence-electron chi connectivity index (χ1n) is 21.4. The van der Waals surface area contributed by atoms with Crippen molar-refractivity contribution < 1.29 is 43.0 Å². The molecule has 0 radical (unpaired) electrons. The number of amides is 4. The topological polar surface area (TPSA) is 273 Å². The molecule has 0 fully saturated rings. The Morgan fingerprint density at radius 1 is 0.870 bits per heavy atom. The lowest BCUT2D eigenvalue weighted by Gasteiger charge is -2.32. The molecular weight excluding hydrogens is 976 g/mol. The third kappa shape index (κ3) is 15.7. The minimum atomic E-state index is -1.42. The van der Waals surface area contributed by atoms with Crippen LogP contribution in [0.1, 0.15) is 72.9 Å². The van der Waals surface area contributed by atoms with Crippen molar-refractivity contribution in [2.24, 2.45) is 17.2 Å². The summed E-state index contributed by atoms with van der Waals surface area (Å²) in [7, 11) is 1.40. The highest BCUT2D eigenvalue weighted by Gasteiger charge is 2.36. The zero-order valence-electron chi connectivity index (χ0n) is 39.3. The maximum Gasteiger partial charge on any atom is 0.329 e. The van der Waals surface area contributed by atoms with Gasteiger partial charge in [0, 0.05) is 49.4 Å². The summed E-state index contributed by atoms with van der Waals surface area (Å²) in [6.45, 7) is 9.53. The van der Waals surface area contributed by atoms with Gasteiger partial charge in [-0.3, -0.25) is 24.0 Å². The van der Waals surface area contributed by atoms with Crippen molar-refractivity contribution in [2.45, 2.75) is 77.0 Å². The minimum absolute atomic E-state index is 0. The van der Waals surface area contributed by atoms with Gasteiger partial charge in [0.1, 0.15) is 55.5 Å². The summed E-state index contributed by atoms with van der Waals surface area (Å²) in [5, 5.41) is 8.10. The van der Waals surface area contributed by atoms with Crippen molar-refractivity contribution in [3.8, 4) is 34.0 Å². The SMILES string of the molecule is Cc1nc(-c2ccc(C(C)(C)C)cc2)ncc1C(=O)N[C@@H](CCN)C(=O)N(C)[C@@H]1C(=O)N[C@@H](C)C(=O)N[C@H](C(=O)OCC=O)Cc2ccc(OCCN)c(c2)-c2cc1ccc2OCCN.Cl.Cl.Cl.Cl. The zero-order valence-corrected chi connectivity index (χ0v) is 42.5. The van der Waals surface area contributed by atoms with Gasteiger partial charge in [0.25, 0.3) is 5.91 Å². The predicted molar refractivity (Wildman–Crippen MR) is 272 cm³/mol. The first kappa shape index (κ1) is 61.4. The van der Waals surface area contributed by atoms with Crippen LogP contribution in [-0.4, -0.2) is 115 Å². The Kier molecular flexibility index (Phi) is 25.1. The number of likely N-dealkylation sites (N-methyl/N-ethyl adjacent to an activating group) is 1. The molecule has 5 rings (SSSR count). The van der Waals surface area contributed by atoms with Gasteiger partial charge in [-0.1, -0.05) is 57.2 Å². The van der Waals surface area contributed by atoms with E-state index >= 15 is 0 Å². The standard InChI is InChI=1S/C47H59N9O9.4ClH/c1-27-35(26-51-41(52-27)30-8-11-32(12-9-30)47(3,4)5)43(59)54-36(15-16-48)45(61)56(6)40-31-10-14-39(64-21-18-50)34(25-31)33-23-29(7-13-38(33)63-20-17-49)24-37(46(62)65-22-19-57)55-42(58)28(2)53-44(40)60;;;;/h7-14,19,23,25-26,28,36-37,40H,15-18,20-22,24,48-50H2,1-6H3,(H,53,60)(H,54,59)(H,55,58);4*1H/t28-,36-,37-,40-;;;;/m0..../s1. The lowest BCUT2D eigenvalue weighted by atomic mass is 9.87. The number of hydrogen-bond donors (Lipinski definition) is 6. The van der Waals surface area contributed by atoms with Crippen LogP contribution < -0.4 is 42.6 Å². The molecule has 0 saturated heterocycles. The number of esters is 1. The molecule has 22 heteroatoms. The number of aryl methyl sites for hydroxylation is 1. The van der Waals surface area contributed by atoms with Crippen molar-refractivity contribution in [1.29, 1.82) is 0 Å². The van der Waals surface area contributed by atoms with Crippen molar-refractivity contribution in [3.05, 3.63) is 94.8 Å². The van der Waals surface area contributed by atoms with Crippen molar-refractivity contribution in [3.63, 3.8) is 0 Å². The van der Waals surface area contributed by atoms with Gasteiger partial charge >= 0.3 is 5.97 Å². The third-order valence-corrected chi connectivity index (χ3v) is 10.8. The lowest BCUT2D eigenvalue weighted by Crippen LogP contribution is -2.55. The molecule has 0 unspecified atom stereocenters. The Morgan fingerprint density at radius 3 is 2.04 bits per heavy atom. The molecule has 9 N–H and O–H groups in total. The minimum Gasteiger partial charge on any atom is -0.492 e. The Labute approximate surface area is 427 Å². The van der Waals surface area contributed by atoms with Gasteiger partial charge in [-0.2, -0.15) is 0 Å². The third-order valence-electron chi connectivity index (χ3n) is 10.8. The average molecular weight is 1040 g/mol. The fourth-order valence-corrected chi connectivity index (χ4v) is 7.26. The van der Waals surface area contributed by atoms with E-state index in [1.54, 1.807) is 43.3 Å². The second-order valence-corrected chi connectivity index (χ2v) is 16.6. The molecule has 1 aliphatic rings. The molecule has 69 heavy (non-hydrogen) atoms. The van der Waals surface area contributed by atoms with Gasteiger partial charge in [0.15, 0.2) is 12.1 Å². The summed E-state index contributed by atoms with van der Waals surface area (Å²) < 4.78 is 17.2. The van der Waals surface area contributed by atoms with Gasteiger partial charge in [-0.15, -0.1) is 49.6 Å². The molecular formula is C47H63Cl4N9O9. The first-order valence-corrected chi connectivity index (χ1v) is 21.4. The smallest absolute Gasteiger partial charge is 0.329 e. The largest absolute Gasteiger partial charge is 0.492 e. The zero-order chi connectivity index (χ0) is 47.4. The number of carbonyl (C=O) groups is 6. The second kappa shape index (κ2) is 28.2. The molecule has 18 nitrogen and oxygen atoms in total. The van der Waals surface area contributed by atoms with Crippen LogP contribution in [0.3, 0.4) is 0 Å². The van der Waals surface area contributed by atoms with Crippen LogP contribution >= 0.6 is 49.6 Å². The molecule has 3 aromatic carbocycles. The number of nitrogens with zero attached hydrogens (tertiary/aromatic N) is 3. The summed E-state index contributed by atoms with van der Waals surface area (Å²) in [5.41, 5.74) is 21.8. The van der Waals surface area contributed by atoms with Crippen LogP contribution in [0.4, 0.5) is 0 Å². The number of aldehydes is 1. The van der Waals surface area contributed by atoms with Crippen LogP contribution in [0.5, 0.6) is 11.5 Å². The summed E-state index contributed by atoms with van der Waals surface area (Å²) >= 11 is 0. The second-order valence-electron chi connectivity index (χ2n) is 16.6. The quantitative estimate of drug-likeness (QED) is 0.0690. The normalized spacial score (nSPS) is 15.8. The molecule has 0 aliphatic carbocycles. The Hall–Kier alpha value is -5.60. The van der Waals surface area contributed by atoms with Gasteiger partial charge in [-0.25, -0.2) is 14.8 Å². The highest BCUT2D eigenvalue weighted by molar-refractivity contribution is 6.00. The summed E-state index contributed by atoms with van der Waals surface area (Å²) in [6, 6.07) is 12.7. The number of hydrogen-bond acceptors (Lipinski definition) is 14. The molecule has 4 aromatic rings. The summed E-state index contributed by atoms with van der Waals surface area (Å²) in [5.74, 6) is -2.55. The van der Waals surface area contributed by atoms with Crippen molar-refractivity contribution in [1.82, 2.24) is 30.8 Å². The molecule has 1 aromatic heterocycles. The molecule has 4 bridgehead atoms. The van der Waals surface area contributed by atoms with Gasteiger partial charge in [0.05, 0.1) is 11.3 Å². The van der Waals surface area contributed by atoms with E-state index < -0.39 is 60.4 Å². The number of nitrogens with one attached hydrogen (secondary N) is 3. The number of ether oxygens (including phenoxy) is 3. The van der Waals surface area contributed by atoms with Gasteiger partial charge < -0.3 is 52.3 Å². The van der Waals surface area contributed by atoms with E-state index in [0.717, 1.165) is 11.1 Å². The highest BCUT2D eigenvalue weighted by Crippen LogP contribution is 2.40.